The fraction of sp³-hybridized carbons (Fsp3) is 0.714. The normalized spacial score (nSPS) is 30.0. The second-order valence-electron chi connectivity index (χ2n) is 5.09. The highest BCUT2D eigenvalue weighted by atomic mass is 16.7. The van der Waals surface area contributed by atoms with Crippen molar-refractivity contribution in [1.82, 2.24) is 0 Å². The van der Waals surface area contributed by atoms with Gasteiger partial charge in [-0.2, -0.15) is 0 Å². The van der Waals surface area contributed by atoms with Crippen LogP contribution >= 0.6 is 0 Å². The van der Waals surface area contributed by atoms with Crippen LogP contribution in [-0.4, -0.2) is 55.6 Å². The van der Waals surface area contributed by atoms with Gasteiger partial charge in [0.2, 0.25) is 12.4 Å². The van der Waals surface area contributed by atoms with Crippen LogP contribution in [0.2, 0.25) is 0 Å². The standard InChI is InChI=1S/C14H20O9/c1-7-11(5-19-6-15)23-14(22-10(4)18)13(21-9(3)17)12(7)20-8(2)16/h6-7,11-14H,5H2,1-4H3/t7-,11-,12+,13-,14?/m1/s1. The topological polar surface area (TPSA) is 114 Å². The minimum Gasteiger partial charge on any atom is -0.465 e. The van der Waals surface area contributed by atoms with Crippen LogP contribution in [0.25, 0.3) is 0 Å². The van der Waals surface area contributed by atoms with E-state index in [4.69, 9.17) is 18.9 Å². The molecule has 1 fully saturated rings. The smallest absolute Gasteiger partial charge is 0.305 e. The van der Waals surface area contributed by atoms with Crippen molar-refractivity contribution in [2.45, 2.75) is 52.3 Å². The van der Waals surface area contributed by atoms with Gasteiger partial charge >= 0.3 is 17.9 Å². The van der Waals surface area contributed by atoms with Crippen LogP contribution in [0.3, 0.4) is 0 Å². The second-order valence-corrected chi connectivity index (χ2v) is 5.09. The highest BCUT2D eigenvalue weighted by Crippen LogP contribution is 2.31. The number of carbonyl (C=O) groups excluding carboxylic acids is 4. The van der Waals surface area contributed by atoms with Crippen LogP contribution < -0.4 is 0 Å². The molecule has 0 radical (unpaired) electrons. The average molecular weight is 332 g/mol. The van der Waals surface area contributed by atoms with Gasteiger partial charge in [0, 0.05) is 26.7 Å². The molecule has 0 aliphatic carbocycles. The van der Waals surface area contributed by atoms with E-state index in [1.54, 1.807) is 6.92 Å². The molecule has 0 aromatic rings. The Morgan fingerprint density at radius 2 is 1.48 bits per heavy atom. The molecule has 9 heteroatoms. The van der Waals surface area contributed by atoms with Gasteiger partial charge in [-0.3, -0.25) is 19.2 Å². The molecule has 0 bridgehead atoms. The molecule has 1 unspecified atom stereocenters. The van der Waals surface area contributed by atoms with Gasteiger partial charge in [0.25, 0.3) is 6.47 Å². The third-order valence-corrected chi connectivity index (χ3v) is 3.22. The van der Waals surface area contributed by atoms with Crippen molar-refractivity contribution >= 4 is 24.4 Å². The monoisotopic (exact) mass is 332 g/mol. The maximum Gasteiger partial charge on any atom is 0.305 e. The quantitative estimate of drug-likeness (QED) is 0.375. The minimum atomic E-state index is -1.28. The van der Waals surface area contributed by atoms with E-state index in [-0.39, 0.29) is 13.1 Å². The fourth-order valence-electron chi connectivity index (χ4n) is 2.30. The molecule has 23 heavy (non-hydrogen) atoms. The molecule has 0 saturated carbocycles. The molecule has 0 spiro atoms. The lowest BCUT2D eigenvalue weighted by Gasteiger charge is -2.43. The summed E-state index contributed by atoms with van der Waals surface area (Å²) in [4.78, 5) is 44.2. The summed E-state index contributed by atoms with van der Waals surface area (Å²) in [5.74, 6) is -2.39. The lowest BCUT2D eigenvalue weighted by atomic mass is 9.90. The SMILES string of the molecule is CC(=O)OC1O[C@H](COC=O)[C@@H](C)[C@H](OC(C)=O)[C@H]1OC(C)=O. The Labute approximate surface area is 133 Å². The van der Waals surface area contributed by atoms with Gasteiger partial charge in [0.05, 0.1) is 0 Å². The lowest BCUT2D eigenvalue weighted by Crippen LogP contribution is -2.58. The number of esters is 3. The molecule has 5 atom stereocenters. The molecule has 0 N–H and O–H groups in total. The number of ether oxygens (including phenoxy) is 5. The Kier molecular flexibility index (Phi) is 6.95. The molecule has 0 amide bonds. The molecule has 1 aliphatic heterocycles. The van der Waals surface area contributed by atoms with Gasteiger partial charge < -0.3 is 23.7 Å². The van der Waals surface area contributed by atoms with Crippen molar-refractivity contribution in [3.05, 3.63) is 0 Å². The molecule has 1 rings (SSSR count). The molecule has 0 aromatic heterocycles. The van der Waals surface area contributed by atoms with Gasteiger partial charge in [-0.05, 0) is 0 Å². The van der Waals surface area contributed by atoms with Crippen LogP contribution in [-0.2, 0) is 42.9 Å². The van der Waals surface area contributed by atoms with Crippen LogP contribution in [0.4, 0.5) is 0 Å². The Morgan fingerprint density at radius 1 is 0.957 bits per heavy atom. The maximum absolute atomic E-state index is 11.3. The van der Waals surface area contributed by atoms with Crippen LogP contribution in [0.1, 0.15) is 27.7 Å². The van der Waals surface area contributed by atoms with E-state index < -0.39 is 48.4 Å². The Morgan fingerprint density at radius 3 is 1.96 bits per heavy atom. The Hall–Kier alpha value is -2.16. The van der Waals surface area contributed by atoms with Crippen molar-refractivity contribution in [3.8, 4) is 0 Å². The Bertz CT molecular complexity index is 461. The van der Waals surface area contributed by atoms with Gasteiger partial charge in [0.1, 0.15) is 18.8 Å². The van der Waals surface area contributed by atoms with E-state index in [9.17, 15) is 19.2 Å². The third kappa shape index (κ3) is 5.51. The van der Waals surface area contributed by atoms with Gasteiger partial charge in [-0.15, -0.1) is 0 Å². The first-order valence-corrected chi connectivity index (χ1v) is 6.98. The molecule has 130 valence electrons. The van der Waals surface area contributed by atoms with Crippen molar-refractivity contribution in [2.75, 3.05) is 6.61 Å². The molecule has 0 aromatic carbocycles. The predicted octanol–water partition coefficient (Wildman–Crippen LogP) is -0.0531. The summed E-state index contributed by atoms with van der Waals surface area (Å²) in [6.45, 7) is 5.31. The number of carbonyl (C=O) groups is 4. The average Bonchev–Trinajstić information content (AvgIpc) is 2.43. The van der Waals surface area contributed by atoms with Crippen LogP contribution in [0, 0.1) is 5.92 Å². The summed E-state index contributed by atoms with van der Waals surface area (Å²) in [6, 6.07) is 0. The first kappa shape index (κ1) is 18.9. The third-order valence-electron chi connectivity index (χ3n) is 3.22. The van der Waals surface area contributed by atoms with Crippen molar-refractivity contribution in [1.29, 1.82) is 0 Å². The van der Waals surface area contributed by atoms with Crippen LogP contribution in [0.5, 0.6) is 0 Å². The Balaban J connectivity index is 3.06. The summed E-state index contributed by atoms with van der Waals surface area (Å²) < 4.78 is 25.5. The predicted molar refractivity (Wildman–Crippen MR) is 72.7 cm³/mol. The largest absolute Gasteiger partial charge is 0.465 e. The number of rotatable bonds is 6. The zero-order valence-electron chi connectivity index (χ0n) is 13.3. The molecule has 9 nitrogen and oxygen atoms in total. The summed E-state index contributed by atoms with van der Waals surface area (Å²) in [7, 11) is 0. The molecular formula is C14H20O9. The summed E-state index contributed by atoms with van der Waals surface area (Å²) in [5.41, 5.74) is 0. The zero-order chi connectivity index (χ0) is 17.6. The maximum atomic E-state index is 11.3. The minimum absolute atomic E-state index is 0.132. The van der Waals surface area contributed by atoms with Gasteiger partial charge in [0.15, 0.2) is 0 Å². The molecule has 1 heterocycles. The van der Waals surface area contributed by atoms with Crippen molar-refractivity contribution in [2.24, 2.45) is 5.92 Å². The lowest BCUT2D eigenvalue weighted by molar-refractivity contribution is -0.285. The second kappa shape index (κ2) is 8.47. The molecular weight excluding hydrogens is 312 g/mol. The summed E-state index contributed by atoms with van der Waals surface area (Å²) in [6.07, 6.45) is -4.03. The van der Waals surface area contributed by atoms with E-state index >= 15 is 0 Å². The van der Waals surface area contributed by atoms with Crippen LogP contribution in [0.15, 0.2) is 0 Å². The van der Waals surface area contributed by atoms with E-state index in [0.29, 0.717) is 0 Å². The van der Waals surface area contributed by atoms with Gasteiger partial charge in [-0.1, -0.05) is 6.92 Å². The van der Waals surface area contributed by atoms with E-state index in [2.05, 4.69) is 4.74 Å². The van der Waals surface area contributed by atoms with E-state index in [1.807, 2.05) is 0 Å². The summed E-state index contributed by atoms with van der Waals surface area (Å²) >= 11 is 0. The molecule has 1 aliphatic rings. The highest BCUT2D eigenvalue weighted by Gasteiger charge is 2.49. The zero-order valence-corrected chi connectivity index (χ0v) is 13.3. The summed E-state index contributed by atoms with van der Waals surface area (Å²) in [5, 5.41) is 0. The number of hydrogen-bond donors (Lipinski definition) is 0. The van der Waals surface area contributed by atoms with E-state index in [0.717, 1.165) is 6.92 Å². The molecule has 1 saturated heterocycles. The van der Waals surface area contributed by atoms with Crippen molar-refractivity contribution in [3.63, 3.8) is 0 Å². The highest BCUT2D eigenvalue weighted by molar-refractivity contribution is 5.68. The first-order chi connectivity index (χ1) is 10.8. The fourth-order valence-corrected chi connectivity index (χ4v) is 2.30. The van der Waals surface area contributed by atoms with E-state index in [1.165, 1.54) is 13.8 Å². The first-order valence-electron chi connectivity index (χ1n) is 6.98. The number of hydrogen-bond acceptors (Lipinski definition) is 9. The van der Waals surface area contributed by atoms with Crippen molar-refractivity contribution < 1.29 is 42.9 Å². The van der Waals surface area contributed by atoms with Gasteiger partial charge in [-0.25, -0.2) is 0 Å².